The maximum atomic E-state index is 12.8. The zero-order chi connectivity index (χ0) is 20.6. The van der Waals surface area contributed by atoms with Gasteiger partial charge in [-0.05, 0) is 24.5 Å². The van der Waals surface area contributed by atoms with Crippen molar-refractivity contribution in [3.63, 3.8) is 0 Å². The monoisotopic (exact) mass is 418 g/mol. The molecule has 1 N–H and O–H groups in total. The summed E-state index contributed by atoms with van der Waals surface area (Å²) in [6.45, 7) is 1.91. The van der Waals surface area contributed by atoms with Crippen LogP contribution in [0, 0.1) is 0 Å². The first-order valence-corrected chi connectivity index (χ1v) is 10.3. The normalized spacial score (nSPS) is 16.0. The highest BCUT2D eigenvalue weighted by atomic mass is 32.2. The average molecular weight is 418 g/mol. The lowest BCUT2D eigenvalue weighted by molar-refractivity contribution is -0.138. The summed E-state index contributed by atoms with van der Waals surface area (Å²) in [6.07, 6.45) is -2.46. The Morgan fingerprint density at radius 3 is 2.64 bits per heavy atom. The number of methoxy groups -OCH3 is 1. The summed E-state index contributed by atoms with van der Waals surface area (Å²) >= 11 is 1.36. The number of alkyl halides is 3. The summed E-state index contributed by atoms with van der Waals surface area (Å²) in [4.78, 5) is 25.1. The Morgan fingerprint density at radius 1 is 1.29 bits per heavy atom. The number of hydrogen-bond donors (Lipinski definition) is 1. The molecule has 0 unspecified atom stereocenters. The fourth-order valence-electron chi connectivity index (χ4n) is 3.02. The minimum Gasteiger partial charge on any atom is -0.468 e. The van der Waals surface area contributed by atoms with Crippen molar-refractivity contribution in [1.82, 2.24) is 10.2 Å². The summed E-state index contributed by atoms with van der Waals surface area (Å²) in [5, 5.41) is 2.99. The van der Waals surface area contributed by atoms with Crippen LogP contribution in [0.2, 0.25) is 0 Å². The highest BCUT2D eigenvalue weighted by Crippen LogP contribution is 2.30. The Balaban J connectivity index is 1.68. The van der Waals surface area contributed by atoms with Gasteiger partial charge in [0.05, 0.1) is 18.4 Å². The fraction of sp³-hybridized carbons (Fsp3) is 0.579. The minimum atomic E-state index is -4.33. The lowest BCUT2D eigenvalue weighted by Gasteiger charge is -2.32. The second-order valence-electron chi connectivity index (χ2n) is 6.69. The van der Waals surface area contributed by atoms with Crippen LogP contribution in [0.4, 0.5) is 13.2 Å². The van der Waals surface area contributed by atoms with Gasteiger partial charge in [-0.25, -0.2) is 0 Å². The summed E-state index contributed by atoms with van der Waals surface area (Å²) in [6, 6.07) is 5.49. The maximum Gasteiger partial charge on any atom is 0.416 e. The van der Waals surface area contributed by atoms with Gasteiger partial charge in [0.15, 0.2) is 0 Å². The molecule has 1 aromatic rings. The third kappa shape index (κ3) is 7.71. The predicted octanol–water partition coefficient (Wildman–Crippen LogP) is 3.08. The molecule has 28 heavy (non-hydrogen) atoms. The van der Waals surface area contributed by atoms with Crippen LogP contribution in [0.15, 0.2) is 24.3 Å². The quantitative estimate of drug-likeness (QED) is 0.519. The number of nitrogens with zero attached hydrogens (tertiary/aromatic N) is 1. The number of nitrogens with one attached hydrogen (secondary N) is 1. The molecule has 0 spiro atoms. The van der Waals surface area contributed by atoms with E-state index in [2.05, 4.69) is 15.0 Å². The molecule has 0 bridgehead atoms. The number of esters is 1. The zero-order valence-corrected chi connectivity index (χ0v) is 16.6. The first kappa shape index (κ1) is 22.5. The summed E-state index contributed by atoms with van der Waals surface area (Å²) in [5.74, 6) is 0.430. The number of amides is 1. The van der Waals surface area contributed by atoms with Crippen LogP contribution in [0.5, 0.6) is 0 Å². The van der Waals surface area contributed by atoms with Gasteiger partial charge in [-0.2, -0.15) is 13.2 Å². The molecule has 1 saturated heterocycles. The Hall–Kier alpha value is -1.74. The van der Waals surface area contributed by atoms with Crippen LogP contribution < -0.4 is 5.32 Å². The van der Waals surface area contributed by atoms with Crippen molar-refractivity contribution in [2.45, 2.75) is 38.0 Å². The lowest BCUT2D eigenvalue weighted by atomic mass is 10.0. The van der Waals surface area contributed by atoms with Crippen molar-refractivity contribution < 1.29 is 27.5 Å². The third-order valence-corrected chi connectivity index (χ3v) is 5.47. The van der Waals surface area contributed by atoms with Crippen molar-refractivity contribution in [1.29, 1.82) is 0 Å². The second kappa shape index (κ2) is 10.7. The molecule has 0 aliphatic carbocycles. The van der Waals surface area contributed by atoms with Gasteiger partial charge < -0.3 is 10.1 Å². The van der Waals surface area contributed by atoms with E-state index in [4.69, 9.17) is 0 Å². The van der Waals surface area contributed by atoms with Crippen molar-refractivity contribution in [2.24, 2.45) is 0 Å². The molecule has 0 aromatic heterocycles. The number of benzene rings is 1. The topological polar surface area (TPSA) is 58.6 Å². The van der Waals surface area contributed by atoms with Crippen molar-refractivity contribution >= 4 is 23.6 Å². The van der Waals surface area contributed by atoms with Crippen LogP contribution in [0.3, 0.4) is 0 Å². The number of carbonyl (C=O) groups excluding carboxylic acids is 2. The van der Waals surface area contributed by atoms with Crippen LogP contribution in [0.25, 0.3) is 0 Å². The van der Waals surface area contributed by atoms with Gasteiger partial charge in [-0.3, -0.25) is 14.5 Å². The largest absolute Gasteiger partial charge is 0.468 e. The molecular weight excluding hydrogens is 393 g/mol. The van der Waals surface area contributed by atoms with E-state index in [-0.39, 0.29) is 23.7 Å². The molecule has 1 aliphatic rings. The fourth-order valence-corrected chi connectivity index (χ4v) is 3.78. The average Bonchev–Trinajstić information content (AvgIpc) is 2.66. The van der Waals surface area contributed by atoms with E-state index in [1.54, 1.807) is 6.07 Å². The zero-order valence-electron chi connectivity index (χ0n) is 15.8. The number of ether oxygens (including phenoxy) is 1. The van der Waals surface area contributed by atoms with Crippen molar-refractivity contribution in [3.8, 4) is 0 Å². The number of halogens is 3. The van der Waals surface area contributed by atoms with Crippen LogP contribution in [0.1, 0.15) is 30.4 Å². The molecule has 0 saturated carbocycles. The smallest absolute Gasteiger partial charge is 0.416 e. The van der Waals surface area contributed by atoms with Gasteiger partial charge in [-0.15, -0.1) is 11.8 Å². The molecule has 0 radical (unpaired) electrons. The van der Waals surface area contributed by atoms with E-state index in [1.807, 2.05) is 0 Å². The van der Waals surface area contributed by atoms with Gasteiger partial charge in [0.2, 0.25) is 5.91 Å². The Kier molecular flexibility index (Phi) is 8.62. The number of rotatable bonds is 8. The lowest BCUT2D eigenvalue weighted by Crippen LogP contribution is -2.44. The number of thioether (sulfide) groups is 1. The molecule has 2 rings (SSSR count). The number of hydrogen-bond acceptors (Lipinski definition) is 5. The standard InChI is InChI=1S/C19H25F3N2O3S/c1-27-18(26)13-28-10-7-17(25)23-16-5-8-24(9-6-16)12-14-3-2-4-15(11-14)19(20,21)22/h2-4,11,16H,5-10,12-13H2,1H3,(H,23,25). The Bertz CT molecular complexity index is 662. The van der Waals surface area contributed by atoms with E-state index in [9.17, 15) is 22.8 Å². The first-order chi connectivity index (χ1) is 13.3. The predicted molar refractivity (Wildman–Crippen MR) is 102 cm³/mol. The third-order valence-electron chi connectivity index (χ3n) is 4.53. The molecule has 1 aromatic carbocycles. The van der Waals surface area contributed by atoms with E-state index in [1.165, 1.54) is 31.0 Å². The molecule has 9 heteroatoms. The van der Waals surface area contributed by atoms with Gasteiger partial charge in [0, 0.05) is 37.8 Å². The first-order valence-electron chi connectivity index (χ1n) is 9.10. The van der Waals surface area contributed by atoms with Crippen LogP contribution in [-0.2, 0) is 27.0 Å². The molecule has 156 valence electrons. The molecule has 1 aliphatic heterocycles. The van der Waals surface area contributed by atoms with Crippen molar-refractivity contribution in [3.05, 3.63) is 35.4 Å². The summed E-state index contributed by atoms with van der Waals surface area (Å²) in [7, 11) is 1.33. The maximum absolute atomic E-state index is 12.8. The highest BCUT2D eigenvalue weighted by molar-refractivity contribution is 7.99. The second-order valence-corrected chi connectivity index (χ2v) is 7.80. The SMILES string of the molecule is COC(=O)CSCCC(=O)NC1CCN(Cc2cccc(C(F)(F)F)c2)CC1. The van der Waals surface area contributed by atoms with Crippen molar-refractivity contribution in [2.75, 3.05) is 31.7 Å². The van der Waals surface area contributed by atoms with E-state index < -0.39 is 11.7 Å². The molecule has 5 nitrogen and oxygen atoms in total. The Morgan fingerprint density at radius 2 is 2.00 bits per heavy atom. The summed E-state index contributed by atoms with van der Waals surface area (Å²) < 4.78 is 43.0. The van der Waals surface area contributed by atoms with E-state index >= 15 is 0 Å². The highest BCUT2D eigenvalue weighted by Gasteiger charge is 2.30. The van der Waals surface area contributed by atoms with Gasteiger partial charge in [0.1, 0.15) is 0 Å². The Labute approximate surface area is 167 Å². The molecular formula is C19H25F3N2O3S. The van der Waals surface area contributed by atoms with E-state index in [0.717, 1.165) is 32.0 Å². The van der Waals surface area contributed by atoms with Gasteiger partial charge in [0.25, 0.3) is 0 Å². The van der Waals surface area contributed by atoms with Gasteiger partial charge in [-0.1, -0.05) is 18.2 Å². The number of carbonyl (C=O) groups is 2. The van der Waals surface area contributed by atoms with E-state index in [0.29, 0.717) is 24.3 Å². The summed E-state index contributed by atoms with van der Waals surface area (Å²) in [5.41, 5.74) is 0.0113. The molecule has 1 amide bonds. The molecule has 0 atom stereocenters. The molecule has 1 heterocycles. The number of likely N-dealkylation sites (tertiary alicyclic amines) is 1. The van der Waals surface area contributed by atoms with Crippen LogP contribution in [-0.4, -0.2) is 54.5 Å². The molecule has 1 fully saturated rings. The number of piperidine rings is 1. The van der Waals surface area contributed by atoms with Crippen LogP contribution >= 0.6 is 11.8 Å². The minimum absolute atomic E-state index is 0.0475. The van der Waals surface area contributed by atoms with Gasteiger partial charge >= 0.3 is 12.1 Å².